The van der Waals surface area contributed by atoms with Crippen LogP contribution in [0, 0.1) is 0 Å². The molecule has 0 N–H and O–H groups in total. The van der Waals surface area contributed by atoms with E-state index >= 15 is 0 Å². The Hall–Kier alpha value is -1.05. The summed E-state index contributed by atoms with van der Waals surface area (Å²) in [6.07, 6.45) is 6.26. The van der Waals surface area contributed by atoms with Gasteiger partial charge in [0.05, 0.1) is 0 Å². The summed E-state index contributed by atoms with van der Waals surface area (Å²) < 4.78 is 4.38. The number of ether oxygens (including phenoxy) is 1. The van der Waals surface area contributed by atoms with Crippen LogP contribution in [-0.4, -0.2) is 13.1 Å². The van der Waals surface area contributed by atoms with Gasteiger partial charge in [-0.15, -0.1) is 6.58 Å². The molecule has 0 aliphatic rings. The minimum Gasteiger partial charge on any atom is -0.464 e. The molecule has 0 spiro atoms. The highest BCUT2D eigenvalue weighted by Gasteiger charge is 1.72. The molecule has 0 bridgehead atoms. The van der Waals surface area contributed by atoms with Gasteiger partial charge in [-0.2, -0.15) is 0 Å². The van der Waals surface area contributed by atoms with Crippen molar-refractivity contribution in [3.63, 3.8) is 0 Å². The van der Waals surface area contributed by atoms with Crippen LogP contribution in [0.5, 0.6) is 0 Å². The first-order valence-corrected chi connectivity index (χ1v) is 2.73. The Morgan fingerprint density at radius 3 is 2.78 bits per heavy atom. The predicted octanol–water partition coefficient (Wildman–Crippen LogP) is 1.29. The van der Waals surface area contributed by atoms with Crippen LogP contribution < -0.4 is 0 Å². The molecular formula is C7H10O2. The largest absolute Gasteiger partial charge is 0.464 e. The SMILES string of the molecule is C=CCC=CCOC=O. The minimum atomic E-state index is 0.358. The van der Waals surface area contributed by atoms with Crippen LogP contribution in [0.4, 0.5) is 0 Å². The van der Waals surface area contributed by atoms with E-state index in [2.05, 4.69) is 11.3 Å². The highest BCUT2D eigenvalue weighted by molar-refractivity contribution is 5.37. The monoisotopic (exact) mass is 126 g/mol. The normalized spacial score (nSPS) is 9.33. The Morgan fingerprint density at radius 1 is 1.44 bits per heavy atom. The van der Waals surface area contributed by atoms with Gasteiger partial charge in [0.25, 0.3) is 6.47 Å². The van der Waals surface area contributed by atoms with Crippen LogP contribution in [0.2, 0.25) is 0 Å². The second kappa shape index (κ2) is 6.95. The van der Waals surface area contributed by atoms with Crippen molar-refractivity contribution in [2.24, 2.45) is 0 Å². The zero-order valence-electron chi connectivity index (χ0n) is 5.25. The Kier molecular flexibility index (Phi) is 6.14. The molecule has 0 aromatic carbocycles. The molecule has 0 rings (SSSR count). The summed E-state index contributed by atoms with van der Waals surface area (Å²) >= 11 is 0. The first-order chi connectivity index (χ1) is 4.41. The van der Waals surface area contributed by atoms with Crippen molar-refractivity contribution in [3.05, 3.63) is 24.8 Å². The third kappa shape index (κ3) is 6.95. The van der Waals surface area contributed by atoms with E-state index in [0.717, 1.165) is 6.42 Å². The topological polar surface area (TPSA) is 26.3 Å². The fourth-order valence-corrected chi connectivity index (χ4v) is 0.355. The van der Waals surface area contributed by atoms with Gasteiger partial charge in [0.2, 0.25) is 0 Å². The van der Waals surface area contributed by atoms with Gasteiger partial charge < -0.3 is 4.74 Å². The average molecular weight is 126 g/mol. The maximum atomic E-state index is 9.56. The molecular weight excluding hydrogens is 116 g/mol. The first-order valence-electron chi connectivity index (χ1n) is 2.73. The van der Waals surface area contributed by atoms with Gasteiger partial charge >= 0.3 is 0 Å². The smallest absolute Gasteiger partial charge is 0.293 e. The van der Waals surface area contributed by atoms with Crippen LogP contribution in [0.15, 0.2) is 24.8 Å². The van der Waals surface area contributed by atoms with Gasteiger partial charge in [0.15, 0.2) is 0 Å². The maximum absolute atomic E-state index is 9.56. The summed E-state index contributed by atoms with van der Waals surface area (Å²) in [5, 5.41) is 0. The molecule has 0 aromatic heterocycles. The number of allylic oxidation sites excluding steroid dienone is 2. The van der Waals surface area contributed by atoms with Crippen molar-refractivity contribution >= 4 is 6.47 Å². The van der Waals surface area contributed by atoms with Gasteiger partial charge in [-0.25, -0.2) is 0 Å². The van der Waals surface area contributed by atoms with E-state index in [1.807, 2.05) is 6.08 Å². The second-order valence-corrected chi connectivity index (χ2v) is 1.43. The van der Waals surface area contributed by atoms with E-state index in [9.17, 15) is 4.79 Å². The predicted molar refractivity (Wildman–Crippen MR) is 36.0 cm³/mol. The molecule has 9 heavy (non-hydrogen) atoms. The van der Waals surface area contributed by atoms with Crippen molar-refractivity contribution in [1.29, 1.82) is 0 Å². The molecule has 0 aromatic rings. The molecule has 0 aliphatic carbocycles. The standard InChI is InChI=1S/C7H10O2/c1-2-3-4-5-6-9-7-8/h2,4-5,7H,1,3,6H2. The number of hydrogen-bond acceptors (Lipinski definition) is 2. The Balaban J connectivity index is 3.03. The van der Waals surface area contributed by atoms with Crippen LogP contribution in [-0.2, 0) is 9.53 Å². The van der Waals surface area contributed by atoms with E-state index in [1.54, 1.807) is 12.2 Å². The van der Waals surface area contributed by atoms with Crippen molar-refractivity contribution in [1.82, 2.24) is 0 Å². The lowest BCUT2D eigenvalue weighted by molar-refractivity contribution is -0.127. The average Bonchev–Trinajstić information content (AvgIpc) is 1.89. The molecule has 0 saturated heterocycles. The summed E-state index contributed by atoms with van der Waals surface area (Å²) in [6.45, 7) is 4.30. The van der Waals surface area contributed by atoms with Crippen LogP contribution in [0.3, 0.4) is 0 Å². The summed E-state index contributed by atoms with van der Waals surface area (Å²) in [7, 11) is 0. The van der Waals surface area contributed by atoms with Crippen LogP contribution >= 0.6 is 0 Å². The molecule has 50 valence electrons. The Morgan fingerprint density at radius 2 is 2.22 bits per heavy atom. The quantitative estimate of drug-likeness (QED) is 0.315. The molecule has 0 unspecified atom stereocenters. The molecule has 0 heterocycles. The Bertz CT molecular complexity index is 105. The van der Waals surface area contributed by atoms with Gasteiger partial charge in [-0.3, -0.25) is 4.79 Å². The highest BCUT2D eigenvalue weighted by atomic mass is 16.5. The second-order valence-electron chi connectivity index (χ2n) is 1.43. The first kappa shape index (κ1) is 7.95. The van der Waals surface area contributed by atoms with Crippen LogP contribution in [0.25, 0.3) is 0 Å². The fraction of sp³-hybridized carbons (Fsp3) is 0.286. The highest BCUT2D eigenvalue weighted by Crippen LogP contribution is 1.82. The number of hydrogen-bond donors (Lipinski definition) is 0. The van der Waals surface area contributed by atoms with E-state index in [0.29, 0.717) is 13.1 Å². The van der Waals surface area contributed by atoms with Crippen LogP contribution in [0.1, 0.15) is 6.42 Å². The van der Waals surface area contributed by atoms with Crippen molar-refractivity contribution in [3.8, 4) is 0 Å². The number of carbonyl (C=O) groups excluding carboxylic acids is 1. The van der Waals surface area contributed by atoms with Crippen molar-refractivity contribution < 1.29 is 9.53 Å². The van der Waals surface area contributed by atoms with E-state index in [-0.39, 0.29) is 0 Å². The molecule has 2 heteroatoms. The lowest BCUT2D eigenvalue weighted by Gasteiger charge is -1.86. The van der Waals surface area contributed by atoms with Gasteiger partial charge in [0, 0.05) is 0 Å². The van der Waals surface area contributed by atoms with Gasteiger partial charge in [-0.1, -0.05) is 18.2 Å². The summed E-state index contributed by atoms with van der Waals surface area (Å²) in [4.78, 5) is 9.56. The molecule has 0 aliphatic heterocycles. The molecule has 0 amide bonds. The van der Waals surface area contributed by atoms with Crippen molar-refractivity contribution in [2.45, 2.75) is 6.42 Å². The molecule has 0 fully saturated rings. The van der Waals surface area contributed by atoms with E-state index in [4.69, 9.17) is 0 Å². The summed E-state index contributed by atoms with van der Waals surface area (Å²) in [6, 6.07) is 0. The van der Waals surface area contributed by atoms with Gasteiger partial charge in [-0.05, 0) is 6.42 Å². The number of carbonyl (C=O) groups is 1. The molecule has 0 radical (unpaired) electrons. The zero-order valence-corrected chi connectivity index (χ0v) is 5.25. The molecule has 2 nitrogen and oxygen atoms in total. The third-order valence-corrected chi connectivity index (χ3v) is 0.730. The minimum absolute atomic E-state index is 0.358. The van der Waals surface area contributed by atoms with Gasteiger partial charge in [0.1, 0.15) is 6.61 Å². The third-order valence-electron chi connectivity index (χ3n) is 0.730. The summed E-state index contributed by atoms with van der Waals surface area (Å²) in [5.41, 5.74) is 0. The van der Waals surface area contributed by atoms with Crippen molar-refractivity contribution in [2.75, 3.05) is 6.61 Å². The maximum Gasteiger partial charge on any atom is 0.293 e. The van der Waals surface area contributed by atoms with E-state index < -0.39 is 0 Å². The fourth-order valence-electron chi connectivity index (χ4n) is 0.355. The zero-order chi connectivity index (χ0) is 6.95. The number of rotatable bonds is 5. The lowest BCUT2D eigenvalue weighted by Crippen LogP contribution is -1.84. The Labute approximate surface area is 54.8 Å². The molecule has 0 atom stereocenters. The lowest BCUT2D eigenvalue weighted by atomic mass is 10.4. The summed E-state index contributed by atoms with van der Waals surface area (Å²) in [5.74, 6) is 0. The molecule has 0 saturated carbocycles. The van der Waals surface area contributed by atoms with E-state index in [1.165, 1.54) is 0 Å².